The van der Waals surface area contributed by atoms with Crippen molar-refractivity contribution >= 4 is 23.5 Å². The largest absolute Gasteiger partial charge is 0.480 e. The number of halogens is 1. The number of nitrogens with zero attached hydrogens (tertiary/aromatic N) is 3. The summed E-state index contributed by atoms with van der Waals surface area (Å²) >= 11 is 5.68. The zero-order valence-corrected chi connectivity index (χ0v) is 9.18. The number of aliphatic carboxylic acids is 1. The molecule has 0 aliphatic carbocycles. The van der Waals surface area contributed by atoms with E-state index in [1.807, 2.05) is 0 Å². The first-order chi connectivity index (χ1) is 7.68. The van der Waals surface area contributed by atoms with Gasteiger partial charge in [-0.2, -0.15) is 0 Å². The van der Waals surface area contributed by atoms with Gasteiger partial charge in [-0.15, -0.1) is 0 Å². The number of carboxylic acid groups (broad SMARTS) is 1. The Labute approximate surface area is 97.3 Å². The Morgan fingerprint density at radius 1 is 1.56 bits per heavy atom. The van der Waals surface area contributed by atoms with Gasteiger partial charge in [0.1, 0.15) is 6.04 Å². The van der Waals surface area contributed by atoms with E-state index in [4.69, 9.17) is 16.7 Å². The Kier molecular flexibility index (Phi) is 3.21. The fraction of sp³-hybridized carbons (Fsp3) is 0.444. The van der Waals surface area contributed by atoms with E-state index in [1.54, 1.807) is 4.90 Å². The summed E-state index contributed by atoms with van der Waals surface area (Å²) in [7, 11) is 0. The number of anilines is 1. The molecule has 1 saturated heterocycles. The van der Waals surface area contributed by atoms with Gasteiger partial charge in [0.05, 0.1) is 17.4 Å². The third kappa shape index (κ3) is 2.23. The molecule has 0 spiro atoms. The van der Waals surface area contributed by atoms with Crippen molar-refractivity contribution in [2.75, 3.05) is 24.5 Å². The monoisotopic (exact) mass is 242 g/mol. The summed E-state index contributed by atoms with van der Waals surface area (Å²) in [5.74, 6) is -0.482. The van der Waals surface area contributed by atoms with Crippen molar-refractivity contribution in [3.05, 3.63) is 17.4 Å². The van der Waals surface area contributed by atoms with E-state index in [1.165, 1.54) is 12.4 Å². The van der Waals surface area contributed by atoms with Gasteiger partial charge < -0.3 is 15.3 Å². The molecule has 0 bridgehead atoms. The third-order valence-electron chi connectivity index (χ3n) is 2.39. The molecule has 1 aromatic rings. The molecule has 2 N–H and O–H groups in total. The summed E-state index contributed by atoms with van der Waals surface area (Å²) in [5.41, 5.74) is 0. The maximum atomic E-state index is 11.0. The number of nitrogens with one attached hydrogen (secondary N) is 1. The summed E-state index contributed by atoms with van der Waals surface area (Å²) in [6, 6.07) is -0.630. The number of piperazine rings is 1. The molecular weight excluding hydrogens is 232 g/mol. The second-order valence-electron chi connectivity index (χ2n) is 3.45. The van der Waals surface area contributed by atoms with E-state index in [0.29, 0.717) is 24.1 Å². The van der Waals surface area contributed by atoms with Crippen molar-refractivity contribution in [2.45, 2.75) is 6.04 Å². The Hall–Kier alpha value is -1.40. The lowest BCUT2D eigenvalue weighted by molar-refractivity contribution is -0.138. The number of rotatable bonds is 2. The predicted octanol–water partition coefficient (Wildman–Crippen LogP) is -0.00720. The van der Waals surface area contributed by atoms with E-state index in [2.05, 4.69) is 15.3 Å². The Morgan fingerprint density at radius 3 is 2.88 bits per heavy atom. The van der Waals surface area contributed by atoms with Crippen LogP contribution < -0.4 is 10.2 Å². The Morgan fingerprint density at radius 2 is 2.25 bits per heavy atom. The van der Waals surface area contributed by atoms with Crippen LogP contribution in [0.3, 0.4) is 0 Å². The average molecular weight is 243 g/mol. The molecular formula is C9H11ClN4O2. The van der Waals surface area contributed by atoms with Crippen LogP contribution in [0, 0.1) is 0 Å². The Bertz CT molecular complexity index is 384. The van der Waals surface area contributed by atoms with Crippen molar-refractivity contribution in [3.63, 3.8) is 0 Å². The maximum absolute atomic E-state index is 11.0. The highest BCUT2D eigenvalue weighted by atomic mass is 35.5. The third-order valence-corrected chi connectivity index (χ3v) is 2.59. The maximum Gasteiger partial charge on any atom is 0.327 e. The van der Waals surface area contributed by atoms with E-state index in [0.717, 1.165) is 6.54 Å². The molecule has 0 saturated carbocycles. The molecule has 86 valence electrons. The van der Waals surface area contributed by atoms with E-state index >= 15 is 0 Å². The van der Waals surface area contributed by atoms with Gasteiger partial charge in [-0.25, -0.2) is 14.8 Å². The number of aromatic nitrogens is 2. The summed E-state index contributed by atoms with van der Waals surface area (Å²) in [6.45, 7) is 1.68. The van der Waals surface area contributed by atoms with E-state index < -0.39 is 12.0 Å². The normalized spacial score (nSPS) is 20.8. The summed E-state index contributed by atoms with van der Waals surface area (Å²) < 4.78 is 0. The fourth-order valence-corrected chi connectivity index (χ4v) is 1.72. The first-order valence-corrected chi connectivity index (χ1v) is 5.24. The van der Waals surface area contributed by atoms with Crippen molar-refractivity contribution in [3.8, 4) is 0 Å². The van der Waals surface area contributed by atoms with Gasteiger partial charge in [0, 0.05) is 19.6 Å². The lowest BCUT2D eigenvalue weighted by Gasteiger charge is -2.33. The highest BCUT2D eigenvalue weighted by Crippen LogP contribution is 2.14. The number of carboxylic acids is 1. The molecule has 6 nitrogen and oxygen atoms in total. The van der Waals surface area contributed by atoms with Crippen LogP contribution in [0.2, 0.25) is 5.02 Å². The molecule has 1 aliphatic rings. The second-order valence-corrected chi connectivity index (χ2v) is 3.89. The standard InChI is InChI=1S/C9H11ClN4O2/c10-6-3-12-9(13-4-6)14-2-1-11-5-7(14)8(15)16/h3-4,7,11H,1-2,5H2,(H,15,16). The number of hydrogen-bond donors (Lipinski definition) is 2. The minimum absolute atomic E-state index is 0.390. The van der Waals surface area contributed by atoms with Crippen molar-refractivity contribution < 1.29 is 9.90 Å². The topological polar surface area (TPSA) is 78.4 Å². The second kappa shape index (κ2) is 4.63. The average Bonchev–Trinajstić information content (AvgIpc) is 2.30. The molecule has 1 unspecified atom stereocenters. The number of carbonyl (C=O) groups is 1. The minimum Gasteiger partial charge on any atom is -0.480 e. The zero-order valence-electron chi connectivity index (χ0n) is 8.43. The molecule has 1 aromatic heterocycles. The van der Waals surface area contributed by atoms with E-state index in [-0.39, 0.29) is 0 Å². The van der Waals surface area contributed by atoms with Crippen molar-refractivity contribution in [2.24, 2.45) is 0 Å². The fourth-order valence-electron chi connectivity index (χ4n) is 1.62. The molecule has 1 fully saturated rings. The number of hydrogen-bond acceptors (Lipinski definition) is 5. The van der Waals surface area contributed by atoms with Crippen LogP contribution in [-0.2, 0) is 4.79 Å². The van der Waals surface area contributed by atoms with Crippen LogP contribution in [0.5, 0.6) is 0 Å². The molecule has 2 heterocycles. The zero-order chi connectivity index (χ0) is 11.5. The molecule has 0 amide bonds. The minimum atomic E-state index is -0.884. The quantitative estimate of drug-likeness (QED) is 0.760. The van der Waals surface area contributed by atoms with Crippen molar-refractivity contribution in [1.29, 1.82) is 0 Å². The van der Waals surface area contributed by atoms with Crippen LogP contribution >= 0.6 is 11.6 Å². The first kappa shape index (κ1) is 11.1. The predicted molar refractivity (Wildman–Crippen MR) is 58.7 cm³/mol. The van der Waals surface area contributed by atoms with Crippen LogP contribution in [0.25, 0.3) is 0 Å². The molecule has 2 rings (SSSR count). The van der Waals surface area contributed by atoms with Gasteiger partial charge in [-0.3, -0.25) is 0 Å². The Balaban J connectivity index is 2.23. The highest BCUT2D eigenvalue weighted by molar-refractivity contribution is 6.30. The summed E-state index contributed by atoms with van der Waals surface area (Å²) in [5, 5.41) is 12.5. The lowest BCUT2D eigenvalue weighted by atomic mass is 10.2. The van der Waals surface area contributed by atoms with Gasteiger partial charge in [0.2, 0.25) is 5.95 Å². The van der Waals surface area contributed by atoms with Gasteiger partial charge in [-0.1, -0.05) is 11.6 Å². The van der Waals surface area contributed by atoms with Crippen LogP contribution in [0.15, 0.2) is 12.4 Å². The molecule has 1 atom stereocenters. The summed E-state index contributed by atoms with van der Waals surface area (Å²) in [4.78, 5) is 20.8. The SMILES string of the molecule is O=C(O)C1CNCCN1c1ncc(Cl)cn1. The smallest absolute Gasteiger partial charge is 0.327 e. The molecule has 0 aromatic carbocycles. The summed E-state index contributed by atoms with van der Waals surface area (Å²) in [6.07, 6.45) is 2.93. The molecule has 0 radical (unpaired) electrons. The molecule has 7 heteroatoms. The molecule has 1 aliphatic heterocycles. The van der Waals surface area contributed by atoms with E-state index in [9.17, 15) is 4.79 Å². The van der Waals surface area contributed by atoms with Gasteiger partial charge >= 0.3 is 5.97 Å². The highest BCUT2D eigenvalue weighted by Gasteiger charge is 2.29. The molecule has 16 heavy (non-hydrogen) atoms. The van der Waals surface area contributed by atoms with Crippen LogP contribution in [0.4, 0.5) is 5.95 Å². The van der Waals surface area contributed by atoms with Crippen LogP contribution in [-0.4, -0.2) is 46.7 Å². The van der Waals surface area contributed by atoms with Crippen molar-refractivity contribution in [1.82, 2.24) is 15.3 Å². The first-order valence-electron chi connectivity index (χ1n) is 4.86. The van der Waals surface area contributed by atoms with Gasteiger partial charge in [-0.05, 0) is 0 Å². The van der Waals surface area contributed by atoms with Gasteiger partial charge in [0.25, 0.3) is 0 Å². The van der Waals surface area contributed by atoms with Crippen LogP contribution in [0.1, 0.15) is 0 Å². The lowest BCUT2D eigenvalue weighted by Crippen LogP contribution is -2.55. The van der Waals surface area contributed by atoms with Gasteiger partial charge in [0.15, 0.2) is 0 Å².